The van der Waals surface area contributed by atoms with Gasteiger partial charge in [0, 0.05) is 19.7 Å². The molecule has 0 bridgehead atoms. The number of hydrogen-bond acceptors (Lipinski definition) is 4. The van der Waals surface area contributed by atoms with Crippen LogP contribution in [0.5, 0.6) is 0 Å². The summed E-state index contributed by atoms with van der Waals surface area (Å²) in [6, 6.07) is 0.422. The standard InChI is InChI=1S/C12H26N2O2/c1-4-14-7-5-6-12(10-14)11(2)13-16-9-8-15-3/h11-13H,4-10H2,1-3H3. The lowest BCUT2D eigenvalue weighted by Gasteiger charge is -2.35. The van der Waals surface area contributed by atoms with Gasteiger partial charge in [0.15, 0.2) is 0 Å². The SMILES string of the molecule is CCN1CCCC(C(C)NOCCOC)C1. The molecule has 1 fully saturated rings. The third kappa shape index (κ3) is 4.78. The number of piperidine rings is 1. The maximum atomic E-state index is 5.36. The number of likely N-dealkylation sites (tertiary alicyclic amines) is 1. The first kappa shape index (κ1) is 13.9. The van der Waals surface area contributed by atoms with E-state index in [2.05, 4.69) is 24.2 Å². The first-order valence-corrected chi connectivity index (χ1v) is 6.36. The van der Waals surface area contributed by atoms with Gasteiger partial charge in [-0.05, 0) is 38.8 Å². The fourth-order valence-corrected chi connectivity index (χ4v) is 2.20. The fraction of sp³-hybridized carbons (Fsp3) is 1.00. The molecule has 1 aliphatic heterocycles. The average molecular weight is 230 g/mol. The molecule has 0 radical (unpaired) electrons. The van der Waals surface area contributed by atoms with Gasteiger partial charge < -0.3 is 9.64 Å². The molecule has 1 rings (SSSR count). The van der Waals surface area contributed by atoms with E-state index in [1.54, 1.807) is 7.11 Å². The summed E-state index contributed by atoms with van der Waals surface area (Å²) in [5.74, 6) is 0.705. The first-order valence-electron chi connectivity index (χ1n) is 6.36. The van der Waals surface area contributed by atoms with Crippen LogP contribution in [0.25, 0.3) is 0 Å². The molecule has 16 heavy (non-hydrogen) atoms. The van der Waals surface area contributed by atoms with E-state index in [-0.39, 0.29) is 0 Å². The second kappa shape index (κ2) is 8.01. The highest BCUT2D eigenvalue weighted by Crippen LogP contribution is 2.19. The van der Waals surface area contributed by atoms with E-state index in [1.807, 2.05) is 0 Å². The highest BCUT2D eigenvalue weighted by molar-refractivity contribution is 4.78. The van der Waals surface area contributed by atoms with Gasteiger partial charge in [-0.25, -0.2) is 0 Å². The van der Waals surface area contributed by atoms with Gasteiger partial charge in [0.1, 0.15) is 0 Å². The van der Waals surface area contributed by atoms with Crippen molar-refractivity contribution in [2.24, 2.45) is 5.92 Å². The van der Waals surface area contributed by atoms with Gasteiger partial charge in [0.25, 0.3) is 0 Å². The molecule has 1 saturated heterocycles. The topological polar surface area (TPSA) is 33.7 Å². The zero-order valence-electron chi connectivity index (χ0n) is 10.9. The first-order chi connectivity index (χ1) is 7.77. The molecule has 4 nitrogen and oxygen atoms in total. The second-order valence-electron chi connectivity index (χ2n) is 4.54. The lowest BCUT2D eigenvalue weighted by atomic mass is 9.92. The van der Waals surface area contributed by atoms with Crippen LogP contribution in [0.2, 0.25) is 0 Å². The van der Waals surface area contributed by atoms with Gasteiger partial charge >= 0.3 is 0 Å². The lowest BCUT2D eigenvalue weighted by molar-refractivity contribution is -0.0263. The highest BCUT2D eigenvalue weighted by Gasteiger charge is 2.23. The van der Waals surface area contributed by atoms with E-state index in [0.29, 0.717) is 25.2 Å². The van der Waals surface area contributed by atoms with Crippen LogP contribution in [0, 0.1) is 5.92 Å². The van der Waals surface area contributed by atoms with Crippen LogP contribution in [0.15, 0.2) is 0 Å². The van der Waals surface area contributed by atoms with Crippen LogP contribution in [-0.4, -0.2) is 50.9 Å². The van der Waals surface area contributed by atoms with E-state index in [1.165, 1.54) is 25.9 Å². The minimum absolute atomic E-state index is 0.422. The number of nitrogens with one attached hydrogen (secondary N) is 1. The Morgan fingerprint density at radius 1 is 1.44 bits per heavy atom. The Balaban J connectivity index is 2.16. The summed E-state index contributed by atoms with van der Waals surface area (Å²) in [6.07, 6.45) is 2.61. The van der Waals surface area contributed by atoms with Crippen molar-refractivity contribution < 1.29 is 9.57 Å². The second-order valence-corrected chi connectivity index (χ2v) is 4.54. The number of rotatable bonds is 7. The Kier molecular flexibility index (Phi) is 6.96. The van der Waals surface area contributed by atoms with E-state index >= 15 is 0 Å². The zero-order valence-corrected chi connectivity index (χ0v) is 10.9. The molecule has 4 heteroatoms. The van der Waals surface area contributed by atoms with Crippen molar-refractivity contribution in [2.45, 2.75) is 32.7 Å². The van der Waals surface area contributed by atoms with Gasteiger partial charge in [0.2, 0.25) is 0 Å². The monoisotopic (exact) mass is 230 g/mol. The van der Waals surface area contributed by atoms with Gasteiger partial charge in [-0.2, -0.15) is 5.48 Å². The number of nitrogens with zero attached hydrogens (tertiary/aromatic N) is 1. The Labute approximate surface area is 99.2 Å². The third-order valence-corrected chi connectivity index (χ3v) is 3.36. The van der Waals surface area contributed by atoms with Crippen LogP contribution >= 0.6 is 0 Å². The fourth-order valence-electron chi connectivity index (χ4n) is 2.20. The molecule has 0 saturated carbocycles. The highest BCUT2D eigenvalue weighted by atomic mass is 16.7. The third-order valence-electron chi connectivity index (χ3n) is 3.36. The number of hydrogen-bond donors (Lipinski definition) is 1. The van der Waals surface area contributed by atoms with Crippen molar-refractivity contribution in [1.82, 2.24) is 10.4 Å². The summed E-state index contributed by atoms with van der Waals surface area (Å²) in [7, 11) is 1.69. The normalized spacial score (nSPS) is 24.6. The average Bonchev–Trinajstić information content (AvgIpc) is 2.34. The molecule has 2 atom stereocenters. The predicted octanol–water partition coefficient (Wildman–Crippen LogP) is 1.27. The van der Waals surface area contributed by atoms with Crippen LogP contribution in [0.4, 0.5) is 0 Å². The molecule has 96 valence electrons. The van der Waals surface area contributed by atoms with E-state index in [4.69, 9.17) is 9.57 Å². The number of methoxy groups -OCH3 is 1. The molecular formula is C12H26N2O2. The molecule has 0 aromatic rings. The predicted molar refractivity (Wildman–Crippen MR) is 65.3 cm³/mol. The Hall–Kier alpha value is -0.160. The molecule has 2 unspecified atom stereocenters. The van der Waals surface area contributed by atoms with Crippen molar-refractivity contribution in [3.05, 3.63) is 0 Å². The molecular weight excluding hydrogens is 204 g/mol. The summed E-state index contributed by atoms with van der Waals surface area (Å²) in [6.45, 7) is 9.30. The molecule has 1 heterocycles. The van der Waals surface area contributed by atoms with Crippen LogP contribution in [0.1, 0.15) is 26.7 Å². The quantitative estimate of drug-likeness (QED) is 0.527. The van der Waals surface area contributed by atoms with Crippen molar-refractivity contribution >= 4 is 0 Å². The van der Waals surface area contributed by atoms with E-state index < -0.39 is 0 Å². The molecule has 0 spiro atoms. The van der Waals surface area contributed by atoms with Crippen LogP contribution < -0.4 is 5.48 Å². The van der Waals surface area contributed by atoms with Crippen molar-refractivity contribution in [2.75, 3.05) is 40.0 Å². The van der Waals surface area contributed by atoms with Crippen LogP contribution in [0.3, 0.4) is 0 Å². The molecule has 1 N–H and O–H groups in total. The maximum Gasteiger partial charge on any atom is 0.0915 e. The minimum atomic E-state index is 0.422. The van der Waals surface area contributed by atoms with E-state index in [9.17, 15) is 0 Å². The Morgan fingerprint density at radius 2 is 2.25 bits per heavy atom. The summed E-state index contributed by atoms with van der Waals surface area (Å²) in [5, 5.41) is 0. The molecule has 0 aliphatic carbocycles. The minimum Gasteiger partial charge on any atom is -0.382 e. The zero-order chi connectivity index (χ0) is 11.8. The Bertz CT molecular complexity index is 178. The van der Waals surface area contributed by atoms with Gasteiger partial charge in [-0.15, -0.1) is 0 Å². The smallest absolute Gasteiger partial charge is 0.0915 e. The lowest BCUT2D eigenvalue weighted by Crippen LogP contribution is -2.44. The van der Waals surface area contributed by atoms with Crippen molar-refractivity contribution in [3.63, 3.8) is 0 Å². The van der Waals surface area contributed by atoms with E-state index in [0.717, 1.165) is 6.54 Å². The van der Waals surface area contributed by atoms with Crippen LogP contribution in [-0.2, 0) is 9.57 Å². The molecule has 0 aromatic heterocycles. The van der Waals surface area contributed by atoms with Gasteiger partial charge in [0.05, 0.1) is 13.2 Å². The van der Waals surface area contributed by atoms with Crippen molar-refractivity contribution in [3.8, 4) is 0 Å². The summed E-state index contributed by atoms with van der Waals surface area (Å²) in [5.41, 5.74) is 3.13. The van der Waals surface area contributed by atoms with Gasteiger partial charge in [-0.3, -0.25) is 4.84 Å². The largest absolute Gasteiger partial charge is 0.382 e. The summed E-state index contributed by atoms with van der Waals surface area (Å²) < 4.78 is 4.93. The summed E-state index contributed by atoms with van der Waals surface area (Å²) in [4.78, 5) is 7.88. The Morgan fingerprint density at radius 3 is 2.94 bits per heavy atom. The number of hydroxylamine groups is 1. The molecule has 1 aliphatic rings. The van der Waals surface area contributed by atoms with Crippen molar-refractivity contribution in [1.29, 1.82) is 0 Å². The van der Waals surface area contributed by atoms with Gasteiger partial charge in [-0.1, -0.05) is 6.92 Å². The summed E-state index contributed by atoms with van der Waals surface area (Å²) >= 11 is 0. The molecule has 0 aromatic carbocycles. The number of ether oxygens (including phenoxy) is 1. The maximum absolute atomic E-state index is 5.36. The molecule has 0 amide bonds.